The number of halogens is 1. The van der Waals surface area contributed by atoms with Crippen LogP contribution >= 0.6 is 0 Å². The molecule has 0 saturated heterocycles. The predicted molar refractivity (Wildman–Crippen MR) is 85.5 cm³/mol. The quantitative estimate of drug-likeness (QED) is 0.912. The third-order valence-corrected chi connectivity index (χ3v) is 3.93. The highest BCUT2D eigenvalue weighted by atomic mass is 19.1. The van der Waals surface area contributed by atoms with Gasteiger partial charge in [0.1, 0.15) is 5.82 Å². The summed E-state index contributed by atoms with van der Waals surface area (Å²) in [5.41, 5.74) is 2.17. The van der Waals surface area contributed by atoms with Gasteiger partial charge in [-0.25, -0.2) is 4.39 Å². The van der Waals surface area contributed by atoms with Gasteiger partial charge in [0.15, 0.2) is 0 Å². The first-order valence-corrected chi connectivity index (χ1v) is 7.54. The average Bonchev–Trinajstić information content (AvgIpc) is 2.54. The number of nitrogens with one attached hydrogen (secondary N) is 2. The number of anilines is 1. The molecule has 1 aliphatic rings. The van der Waals surface area contributed by atoms with Gasteiger partial charge in [-0.3, -0.25) is 9.59 Å². The Morgan fingerprint density at radius 1 is 1.22 bits per heavy atom. The maximum atomic E-state index is 13.3. The molecule has 1 aliphatic heterocycles. The summed E-state index contributed by atoms with van der Waals surface area (Å²) in [7, 11) is 0. The molecule has 2 aromatic carbocycles. The van der Waals surface area contributed by atoms with Crippen LogP contribution in [0.4, 0.5) is 10.1 Å². The molecule has 0 spiro atoms. The molecule has 2 N–H and O–H groups in total. The standard InChI is InChI=1S/C18H17FN2O2/c19-13-6-7-14-15(11-17(22)21-16(14)10-13)18(23)20-9-8-12-4-2-1-3-5-12/h1-7,10,15H,8-9,11H2,(H,20,23)(H,21,22)/t15-/m1/s1. The normalized spacial score (nSPS) is 16.4. The Hall–Kier alpha value is -2.69. The van der Waals surface area contributed by atoms with Crippen molar-refractivity contribution in [3.05, 3.63) is 65.5 Å². The number of fused-ring (bicyclic) bond motifs is 1. The van der Waals surface area contributed by atoms with E-state index in [0.717, 1.165) is 12.0 Å². The number of hydrogen-bond donors (Lipinski definition) is 2. The van der Waals surface area contributed by atoms with Crippen LogP contribution in [0.5, 0.6) is 0 Å². The Morgan fingerprint density at radius 3 is 2.78 bits per heavy atom. The minimum absolute atomic E-state index is 0.0792. The van der Waals surface area contributed by atoms with Crippen molar-refractivity contribution in [3.8, 4) is 0 Å². The fourth-order valence-corrected chi connectivity index (χ4v) is 2.77. The lowest BCUT2D eigenvalue weighted by Gasteiger charge is -2.24. The number of amides is 2. The molecule has 1 heterocycles. The van der Waals surface area contributed by atoms with Crippen LogP contribution in [0.1, 0.15) is 23.5 Å². The Bertz CT molecular complexity index is 731. The Balaban J connectivity index is 1.67. The third-order valence-electron chi connectivity index (χ3n) is 3.93. The molecule has 118 valence electrons. The summed E-state index contributed by atoms with van der Waals surface area (Å²) in [4.78, 5) is 24.1. The fraction of sp³-hybridized carbons (Fsp3) is 0.222. The van der Waals surface area contributed by atoms with Crippen LogP contribution in [0, 0.1) is 5.82 Å². The highest BCUT2D eigenvalue weighted by Gasteiger charge is 2.30. The molecule has 4 nitrogen and oxygen atoms in total. The number of benzene rings is 2. The van der Waals surface area contributed by atoms with Crippen LogP contribution in [0.2, 0.25) is 0 Å². The number of hydrogen-bond acceptors (Lipinski definition) is 2. The summed E-state index contributed by atoms with van der Waals surface area (Å²) >= 11 is 0. The molecule has 2 amide bonds. The maximum absolute atomic E-state index is 13.3. The van der Waals surface area contributed by atoms with Crippen LogP contribution in [-0.4, -0.2) is 18.4 Å². The minimum atomic E-state index is -0.574. The van der Waals surface area contributed by atoms with Crippen LogP contribution in [0.15, 0.2) is 48.5 Å². The summed E-state index contributed by atoms with van der Waals surface area (Å²) in [6.07, 6.45) is 0.803. The molecular weight excluding hydrogens is 295 g/mol. The summed E-state index contributed by atoms with van der Waals surface area (Å²) in [6.45, 7) is 0.498. The summed E-state index contributed by atoms with van der Waals surface area (Å²) < 4.78 is 13.3. The second-order valence-electron chi connectivity index (χ2n) is 5.56. The van der Waals surface area contributed by atoms with Crippen molar-refractivity contribution in [2.45, 2.75) is 18.8 Å². The molecule has 0 fully saturated rings. The van der Waals surface area contributed by atoms with Crippen molar-refractivity contribution in [1.82, 2.24) is 5.32 Å². The van der Waals surface area contributed by atoms with Crippen LogP contribution in [-0.2, 0) is 16.0 Å². The summed E-state index contributed by atoms with van der Waals surface area (Å²) in [5, 5.41) is 5.47. The molecule has 5 heteroatoms. The minimum Gasteiger partial charge on any atom is -0.355 e. The van der Waals surface area contributed by atoms with E-state index in [1.54, 1.807) is 6.07 Å². The van der Waals surface area contributed by atoms with Gasteiger partial charge in [0.25, 0.3) is 0 Å². The highest BCUT2D eigenvalue weighted by molar-refractivity contribution is 6.01. The van der Waals surface area contributed by atoms with E-state index in [9.17, 15) is 14.0 Å². The van der Waals surface area contributed by atoms with Crippen molar-refractivity contribution < 1.29 is 14.0 Å². The highest BCUT2D eigenvalue weighted by Crippen LogP contribution is 2.32. The van der Waals surface area contributed by atoms with E-state index < -0.39 is 11.7 Å². The summed E-state index contributed by atoms with van der Waals surface area (Å²) in [5.74, 6) is -1.49. The van der Waals surface area contributed by atoms with E-state index in [2.05, 4.69) is 10.6 Å². The molecule has 0 saturated carbocycles. The smallest absolute Gasteiger partial charge is 0.228 e. The van der Waals surface area contributed by atoms with Crippen LogP contribution < -0.4 is 10.6 Å². The SMILES string of the molecule is O=C1C[C@@H](C(=O)NCCc2ccccc2)c2ccc(F)cc2N1. The first kappa shape index (κ1) is 15.2. The van der Waals surface area contributed by atoms with E-state index in [1.165, 1.54) is 12.1 Å². The zero-order valence-electron chi connectivity index (χ0n) is 12.5. The molecule has 0 bridgehead atoms. The molecule has 0 radical (unpaired) electrons. The first-order chi connectivity index (χ1) is 11.1. The molecule has 0 aliphatic carbocycles. The number of carbonyl (C=O) groups is 2. The van der Waals surface area contributed by atoms with Crippen molar-refractivity contribution in [1.29, 1.82) is 0 Å². The molecule has 23 heavy (non-hydrogen) atoms. The number of rotatable bonds is 4. The van der Waals surface area contributed by atoms with Gasteiger partial charge in [0.05, 0.1) is 5.92 Å². The molecule has 1 atom stereocenters. The van der Waals surface area contributed by atoms with Crippen LogP contribution in [0.25, 0.3) is 0 Å². The van der Waals surface area contributed by atoms with Crippen molar-refractivity contribution in [2.75, 3.05) is 11.9 Å². The first-order valence-electron chi connectivity index (χ1n) is 7.54. The molecular formula is C18H17FN2O2. The van der Waals surface area contributed by atoms with Crippen molar-refractivity contribution in [2.24, 2.45) is 0 Å². The van der Waals surface area contributed by atoms with Gasteiger partial charge in [0.2, 0.25) is 11.8 Å². The third kappa shape index (κ3) is 3.56. The topological polar surface area (TPSA) is 58.2 Å². The second-order valence-corrected chi connectivity index (χ2v) is 5.56. The Labute approximate surface area is 133 Å². The largest absolute Gasteiger partial charge is 0.355 e. The summed E-state index contributed by atoms with van der Waals surface area (Å²) in [6, 6.07) is 14.0. The number of carbonyl (C=O) groups excluding carboxylic acids is 2. The zero-order chi connectivity index (χ0) is 16.2. The lowest BCUT2D eigenvalue weighted by molar-refractivity contribution is -0.126. The zero-order valence-corrected chi connectivity index (χ0v) is 12.5. The second kappa shape index (κ2) is 6.60. The van der Waals surface area contributed by atoms with Crippen molar-refractivity contribution in [3.63, 3.8) is 0 Å². The fourth-order valence-electron chi connectivity index (χ4n) is 2.77. The molecule has 0 aromatic heterocycles. The molecule has 0 unspecified atom stereocenters. The lowest BCUT2D eigenvalue weighted by atomic mass is 9.89. The van der Waals surface area contributed by atoms with Crippen LogP contribution in [0.3, 0.4) is 0 Å². The van der Waals surface area contributed by atoms with Gasteiger partial charge in [-0.05, 0) is 29.7 Å². The molecule has 2 aromatic rings. The van der Waals surface area contributed by atoms with Gasteiger partial charge in [0, 0.05) is 18.7 Å². The lowest BCUT2D eigenvalue weighted by Crippen LogP contribution is -2.36. The van der Waals surface area contributed by atoms with Gasteiger partial charge in [-0.2, -0.15) is 0 Å². The van der Waals surface area contributed by atoms with Crippen molar-refractivity contribution >= 4 is 17.5 Å². The van der Waals surface area contributed by atoms with E-state index in [-0.39, 0.29) is 18.2 Å². The average molecular weight is 312 g/mol. The maximum Gasteiger partial charge on any atom is 0.228 e. The van der Waals surface area contributed by atoms with Gasteiger partial charge in [-0.15, -0.1) is 0 Å². The Kier molecular flexibility index (Phi) is 4.37. The van der Waals surface area contributed by atoms with Gasteiger partial charge in [-0.1, -0.05) is 36.4 Å². The predicted octanol–water partition coefficient (Wildman–Crippen LogP) is 2.61. The van der Waals surface area contributed by atoms with E-state index >= 15 is 0 Å². The molecule has 3 rings (SSSR count). The van der Waals surface area contributed by atoms with E-state index in [4.69, 9.17) is 0 Å². The van der Waals surface area contributed by atoms with Gasteiger partial charge < -0.3 is 10.6 Å². The van der Waals surface area contributed by atoms with E-state index in [0.29, 0.717) is 17.8 Å². The monoisotopic (exact) mass is 312 g/mol. The Morgan fingerprint density at radius 2 is 2.00 bits per heavy atom. The van der Waals surface area contributed by atoms with E-state index in [1.807, 2.05) is 30.3 Å². The van der Waals surface area contributed by atoms with Gasteiger partial charge >= 0.3 is 0 Å².